The molecule has 1 saturated heterocycles. The lowest BCUT2D eigenvalue weighted by atomic mass is 9.96. The minimum Gasteiger partial charge on any atom is -0.481 e. The number of carbonyl (C=O) groups is 1. The van der Waals surface area contributed by atoms with Gasteiger partial charge in [0.15, 0.2) is 0 Å². The van der Waals surface area contributed by atoms with Crippen molar-refractivity contribution in [1.29, 1.82) is 5.26 Å². The van der Waals surface area contributed by atoms with Gasteiger partial charge in [0.2, 0.25) is 11.8 Å². The number of pyridine rings is 2. The van der Waals surface area contributed by atoms with E-state index in [1.807, 2.05) is 42.3 Å². The van der Waals surface area contributed by atoms with Crippen LogP contribution in [0.5, 0.6) is 5.88 Å². The van der Waals surface area contributed by atoms with Gasteiger partial charge in [0, 0.05) is 61.4 Å². The van der Waals surface area contributed by atoms with Gasteiger partial charge < -0.3 is 19.3 Å². The second-order valence-electron chi connectivity index (χ2n) is 9.53. The molecule has 1 unspecified atom stereocenters. The molecule has 1 saturated carbocycles. The van der Waals surface area contributed by atoms with Crippen LogP contribution in [0.3, 0.4) is 0 Å². The van der Waals surface area contributed by atoms with Crippen molar-refractivity contribution >= 4 is 22.5 Å². The van der Waals surface area contributed by atoms with Crippen molar-refractivity contribution in [3.63, 3.8) is 0 Å². The number of piperazine rings is 1. The number of ether oxygens (including phenoxy) is 2. The Morgan fingerprint density at radius 2 is 1.94 bits per heavy atom. The van der Waals surface area contributed by atoms with Gasteiger partial charge in [0.1, 0.15) is 11.9 Å². The minimum absolute atomic E-state index is 0.0234. The Kier molecular flexibility index (Phi) is 6.75. The lowest BCUT2D eigenvalue weighted by Crippen LogP contribution is -2.54. The fourth-order valence-electron chi connectivity index (χ4n) is 5.12. The van der Waals surface area contributed by atoms with Gasteiger partial charge in [0.05, 0.1) is 31.4 Å². The van der Waals surface area contributed by atoms with Gasteiger partial charge in [-0.2, -0.15) is 5.26 Å². The molecule has 1 amide bonds. The molecular weight excluding hydrogens is 454 g/mol. The Morgan fingerprint density at radius 1 is 1.17 bits per heavy atom. The number of methoxy groups -OCH3 is 2. The van der Waals surface area contributed by atoms with Crippen molar-refractivity contribution in [2.75, 3.05) is 45.4 Å². The zero-order chi connectivity index (χ0) is 25.2. The molecule has 2 fully saturated rings. The summed E-state index contributed by atoms with van der Waals surface area (Å²) in [6.45, 7) is 4.35. The monoisotopic (exact) mass is 485 g/mol. The smallest absolute Gasteiger partial charge is 0.225 e. The van der Waals surface area contributed by atoms with Crippen molar-refractivity contribution in [2.45, 2.75) is 38.1 Å². The summed E-state index contributed by atoms with van der Waals surface area (Å²) >= 11 is 0. The average molecular weight is 486 g/mol. The van der Waals surface area contributed by atoms with E-state index >= 15 is 0 Å². The molecule has 8 nitrogen and oxygen atoms in total. The van der Waals surface area contributed by atoms with Crippen LogP contribution >= 0.6 is 0 Å². The van der Waals surface area contributed by atoms with Gasteiger partial charge >= 0.3 is 0 Å². The molecule has 0 spiro atoms. The first-order valence-electron chi connectivity index (χ1n) is 12.5. The molecule has 36 heavy (non-hydrogen) atoms. The molecule has 0 radical (unpaired) electrons. The van der Waals surface area contributed by atoms with Crippen LogP contribution in [0.25, 0.3) is 21.9 Å². The van der Waals surface area contributed by atoms with Crippen molar-refractivity contribution in [2.24, 2.45) is 0 Å². The van der Waals surface area contributed by atoms with Crippen molar-refractivity contribution in [1.82, 2.24) is 14.9 Å². The van der Waals surface area contributed by atoms with Crippen LogP contribution in [-0.2, 0) is 9.53 Å². The molecular formula is C28H31N5O3. The molecule has 0 bridgehead atoms. The molecule has 1 aliphatic heterocycles. The molecule has 186 valence electrons. The van der Waals surface area contributed by atoms with E-state index in [2.05, 4.69) is 22.0 Å². The number of amides is 1. The number of nitriles is 1. The second-order valence-corrected chi connectivity index (χ2v) is 9.53. The first kappa shape index (κ1) is 24.0. The minimum atomic E-state index is 0.0234. The van der Waals surface area contributed by atoms with E-state index < -0.39 is 0 Å². The molecule has 0 N–H and O–H groups in total. The molecule has 8 heteroatoms. The molecule has 5 rings (SSSR count). The third-order valence-electron chi connectivity index (χ3n) is 7.13. The molecule has 1 atom stereocenters. The SMILES string of the molecule is COCCC(=O)N1CCN(c2nc(C3CC3)c(-c3cnc(OC)c4ccccc34)cc2C#N)CC1C. The number of hydrogen-bond donors (Lipinski definition) is 0. The Labute approximate surface area is 211 Å². The topological polar surface area (TPSA) is 91.6 Å². The van der Waals surface area contributed by atoms with Gasteiger partial charge in [0.25, 0.3) is 0 Å². The summed E-state index contributed by atoms with van der Waals surface area (Å²) in [5.41, 5.74) is 3.49. The van der Waals surface area contributed by atoms with E-state index in [0.717, 1.165) is 40.4 Å². The quantitative estimate of drug-likeness (QED) is 0.497. The molecule has 1 aliphatic carbocycles. The number of aromatic nitrogens is 2. The van der Waals surface area contributed by atoms with Crippen LogP contribution in [-0.4, -0.2) is 67.3 Å². The highest BCUT2D eigenvalue weighted by Gasteiger charge is 2.33. The number of benzene rings is 1. The largest absolute Gasteiger partial charge is 0.481 e. The second kappa shape index (κ2) is 10.1. The normalized spacial score (nSPS) is 17.8. The van der Waals surface area contributed by atoms with Gasteiger partial charge in [-0.3, -0.25) is 4.79 Å². The summed E-state index contributed by atoms with van der Waals surface area (Å²) < 4.78 is 10.6. The Bertz CT molecular complexity index is 1330. The third-order valence-corrected chi connectivity index (χ3v) is 7.13. The summed E-state index contributed by atoms with van der Waals surface area (Å²) in [5, 5.41) is 12.1. The van der Waals surface area contributed by atoms with Gasteiger partial charge in [-0.05, 0) is 37.3 Å². The third kappa shape index (κ3) is 4.47. The van der Waals surface area contributed by atoms with Gasteiger partial charge in [-0.25, -0.2) is 9.97 Å². The van der Waals surface area contributed by atoms with Crippen LogP contribution in [0.15, 0.2) is 36.5 Å². The summed E-state index contributed by atoms with van der Waals surface area (Å²) in [7, 11) is 3.23. The Balaban J connectivity index is 1.52. The van der Waals surface area contributed by atoms with E-state index in [1.165, 1.54) is 0 Å². The number of carbonyl (C=O) groups excluding carboxylic acids is 1. The van der Waals surface area contributed by atoms with Crippen LogP contribution < -0.4 is 9.64 Å². The van der Waals surface area contributed by atoms with Crippen LogP contribution in [0.2, 0.25) is 0 Å². The molecule has 2 aromatic heterocycles. The molecule has 3 heterocycles. The fraction of sp³-hybridized carbons (Fsp3) is 0.429. The van der Waals surface area contributed by atoms with Crippen molar-refractivity contribution in [3.8, 4) is 23.1 Å². The Hall–Kier alpha value is -3.70. The molecule has 2 aliphatic rings. The number of nitrogens with zero attached hydrogens (tertiary/aromatic N) is 5. The number of hydrogen-bond acceptors (Lipinski definition) is 7. The van der Waals surface area contributed by atoms with Gasteiger partial charge in [-0.1, -0.05) is 18.2 Å². The number of rotatable bonds is 7. The average Bonchev–Trinajstić information content (AvgIpc) is 3.76. The predicted molar refractivity (Wildman–Crippen MR) is 138 cm³/mol. The predicted octanol–water partition coefficient (Wildman–Crippen LogP) is 4.13. The lowest BCUT2D eigenvalue weighted by molar-refractivity contribution is -0.134. The number of anilines is 1. The van der Waals surface area contributed by atoms with E-state index in [1.54, 1.807) is 14.2 Å². The van der Waals surface area contributed by atoms with E-state index in [9.17, 15) is 10.1 Å². The highest BCUT2D eigenvalue weighted by Crippen LogP contribution is 2.46. The zero-order valence-corrected chi connectivity index (χ0v) is 21.0. The summed E-state index contributed by atoms with van der Waals surface area (Å²) in [6.07, 6.45) is 4.39. The maximum atomic E-state index is 12.6. The van der Waals surface area contributed by atoms with Gasteiger partial charge in [-0.15, -0.1) is 0 Å². The highest BCUT2D eigenvalue weighted by atomic mass is 16.5. The van der Waals surface area contributed by atoms with E-state index in [4.69, 9.17) is 14.5 Å². The van der Waals surface area contributed by atoms with E-state index in [-0.39, 0.29) is 11.9 Å². The first-order chi connectivity index (χ1) is 17.5. The van der Waals surface area contributed by atoms with Crippen molar-refractivity contribution < 1.29 is 14.3 Å². The number of fused-ring (bicyclic) bond motifs is 1. The first-order valence-corrected chi connectivity index (χ1v) is 12.5. The fourth-order valence-corrected chi connectivity index (χ4v) is 5.12. The van der Waals surface area contributed by atoms with Crippen LogP contribution in [0, 0.1) is 11.3 Å². The lowest BCUT2D eigenvalue weighted by Gasteiger charge is -2.41. The molecule has 1 aromatic carbocycles. The maximum absolute atomic E-state index is 12.6. The van der Waals surface area contributed by atoms with Crippen LogP contribution in [0.1, 0.15) is 43.4 Å². The summed E-state index contributed by atoms with van der Waals surface area (Å²) in [6, 6.07) is 12.4. The molecule has 3 aromatic rings. The van der Waals surface area contributed by atoms with E-state index in [0.29, 0.717) is 55.8 Å². The summed E-state index contributed by atoms with van der Waals surface area (Å²) in [4.78, 5) is 26.3. The van der Waals surface area contributed by atoms with Crippen LogP contribution in [0.4, 0.5) is 5.82 Å². The summed E-state index contributed by atoms with van der Waals surface area (Å²) in [5.74, 6) is 1.77. The Morgan fingerprint density at radius 3 is 2.61 bits per heavy atom. The van der Waals surface area contributed by atoms with Crippen molar-refractivity contribution in [3.05, 3.63) is 47.8 Å². The maximum Gasteiger partial charge on any atom is 0.225 e. The standard InChI is InChI=1S/C28H31N5O3/c1-18-17-32(11-12-33(18)25(34)10-13-35-2)27-20(15-29)14-23(26(31-27)19-8-9-19)24-16-30-28(36-3)22-7-5-4-6-21(22)24/h4-7,14,16,18-19H,8-13,17H2,1-3H3. The zero-order valence-electron chi connectivity index (χ0n) is 21.0. The highest BCUT2D eigenvalue weighted by molar-refractivity contribution is 5.99.